The van der Waals surface area contributed by atoms with Gasteiger partial charge in [0.2, 0.25) is 0 Å². The van der Waals surface area contributed by atoms with Crippen LogP contribution in [0.5, 0.6) is 0 Å². The normalized spacial score (nSPS) is 11.9. The molecule has 0 aliphatic rings. The summed E-state index contributed by atoms with van der Waals surface area (Å²) in [7, 11) is 0. The van der Waals surface area contributed by atoms with Gasteiger partial charge in [-0.05, 0) is 0 Å². The molecule has 0 saturated heterocycles. The summed E-state index contributed by atoms with van der Waals surface area (Å²) in [5.41, 5.74) is 4.58. The molecular formula is C27H29N5Se2. The van der Waals surface area contributed by atoms with Crippen LogP contribution in [0.1, 0.15) is 50.9 Å². The van der Waals surface area contributed by atoms with Crippen molar-refractivity contribution in [3.63, 3.8) is 0 Å². The van der Waals surface area contributed by atoms with E-state index in [-0.39, 0.29) is 0 Å². The molecule has 0 fully saturated rings. The molecule has 0 atom stereocenters. The molecule has 174 valence electrons. The Labute approximate surface area is 215 Å². The maximum absolute atomic E-state index is 5.25. The molecule has 0 N–H and O–H groups in total. The number of aromatic nitrogens is 5. The maximum atomic E-state index is 5.25. The third kappa shape index (κ3) is 4.23. The van der Waals surface area contributed by atoms with Crippen molar-refractivity contribution in [2.75, 3.05) is 0 Å². The number of nitrogens with zero attached hydrogens (tertiary/aromatic N) is 5. The molecule has 0 amide bonds. The molecule has 2 aromatic carbocycles. The fraction of sp³-hybridized carbons (Fsp3) is 0.296. The van der Waals surface area contributed by atoms with Crippen molar-refractivity contribution in [1.29, 1.82) is 0 Å². The molecule has 5 nitrogen and oxygen atoms in total. The van der Waals surface area contributed by atoms with E-state index >= 15 is 0 Å². The molecule has 34 heavy (non-hydrogen) atoms. The summed E-state index contributed by atoms with van der Waals surface area (Å²) in [4.78, 5) is 5.25. The van der Waals surface area contributed by atoms with E-state index in [9.17, 15) is 0 Å². The number of fused-ring (bicyclic) bond motifs is 2. The fourth-order valence-electron chi connectivity index (χ4n) is 4.51. The zero-order chi connectivity index (χ0) is 24.0. The average Bonchev–Trinajstić information content (AvgIpc) is 3.35. The second kappa shape index (κ2) is 9.31. The van der Waals surface area contributed by atoms with Crippen LogP contribution in [-0.2, 0) is 13.1 Å². The van der Waals surface area contributed by atoms with Crippen molar-refractivity contribution in [3.8, 4) is 0 Å². The summed E-state index contributed by atoms with van der Waals surface area (Å²) < 4.78 is 11.3. The van der Waals surface area contributed by atoms with Crippen LogP contribution >= 0.6 is 0 Å². The van der Waals surface area contributed by atoms with Gasteiger partial charge in [-0.15, -0.1) is 0 Å². The van der Waals surface area contributed by atoms with Crippen LogP contribution in [0.4, 0.5) is 0 Å². The van der Waals surface area contributed by atoms with Gasteiger partial charge in [-0.2, -0.15) is 0 Å². The molecule has 0 saturated carbocycles. The van der Waals surface area contributed by atoms with Gasteiger partial charge in [-0.1, -0.05) is 0 Å². The van der Waals surface area contributed by atoms with Gasteiger partial charge in [0, 0.05) is 0 Å². The zero-order valence-electron chi connectivity index (χ0n) is 20.0. The summed E-state index contributed by atoms with van der Waals surface area (Å²) in [5, 5.41) is 2.35. The van der Waals surface area contributed by atoms with Crippen LogP contribution < -0.4 is 0 Å². The van der Waals surface area contributed by atoms with Crippen molar-refractivity contribution in [2.45, 2.75) is 52.9 Å². The topological polar surface area (TPSA) is 32.6 Å². The average molecular weight is 581 g/mol. The van der Waals surface area contributed by atoms with E-state index in [0.29, 0.717) is 12.1 Å². The van der Waals surface area contributed by atoms with Crippen molar-refractivity contribution in [1.82, 2.24) is 23.3 Å². The van der Waals surface area contributed by atoms with Crippen LogP contribution in [0.25, 0.3) is 21.8 Å². The van der Waals surface area contributed by atoms with Crippen LogP contribution in [0, 0.1) is 8.65 Å². The fourth-order valence-corrected chi connectivity index (χ4v) is 6.18. The van der Waals surface area contributed by atoms with Crippen LogP contribution in [0.2, 0.25) is 0 Å². The Morgan fingerprint density at radius 1 is 0.676 bits per heavy atom. The minimum atomic E-state index is 0.415. The van der Waals surface area contributed by atoms with Gasteiger partial charge in [0.15, 0.2) is 0 Å². The number of pyridine rings is 1. The molecule has 7 heteroatoms. The first kappa shape index (κ1) is 23.3. The first-order chi connectivity index (χ1) is 16.3. The number of imidazole rings is 2. The molecule has 3 heterocycles. The van der Waals surface area contributed by atoms with Crippen molar-refractivity contribution in [2.24, 2.45) is 0 Å². The quantitative estimate of drug-likeness (QED) is 0.199. The number of hydrogen-bond donors (Lipinski definition) is 0. The molecule has 3 aromatic heterocycles. The molecule has 0 radical (unpaired) electrons. The molecular weight excluding hydrogens is 552 g/mol. The van der Waals surface area contributed by atoms with E-state index in [4.69, 9.17) is 4.98 Å². The van der Waals surface area contributed by atoms with Gasteiger partial charge in [0.25, 0.3) is 0 Å². The van der Waals surface area contributed by atoms with Gasteiger partial charge in [0.05, 0.1) is 0 Å². The predicted octanol–water partition coefficient (Wildman–Crippen LogP) is 5.25. The van der Waals surface area contributed by atoms with Gasteiger partial charge in [0.1, 0.15) is 0 Å². The summed E-state index contributed by atoms with van der Waals surface area (Å²) in [6.07, 6.45) is 8.57. The second-order valence-corrected chi connectivity index (χ2v) is 10.9. The van der Waals surface area contributed by atoms with Crippen LogP contribution in [-0.4, -0.2) is 54.4 Å². The first-order valence-corrected chi connectivity index (χ1v) is 13.4. The van der Waals surface area contributed by atoms with E-state index < -0.39 is 0 Å². The number of rotatable bonds is 6. The third-order valence-corrected chi connectivity index (χ3v) is 8.25. The minimum absolute atomic E-state index is 0.415. The van der Waals surface area contributed by atoms with E-state index in [1.165, 1.54) is 21.9 Å². The van der Waals surface area contributed by atoms with Crippen molar-refractivity contribution < 1.29 is 0 Å². The van der Waals surface area contributed by atoms with Gasteiger partial charge in [-0.3, -0.25) is 0 Å². The Balaban J connectivity index is 1.60. The molecule has 0 spiro atoms. The summed E-state index contributed by atoms with van der Waals surface area (Å²) >= 11 is 6.50. The Kier molecular flexibility index (Phi) is 6.39. The van der Waals surface area contributed by atoms with E-state index in [1.54, 1.807) is 0 Å². The summed E-state index contributed by atoms with van der Waals surface area (Å²) in [6.45, 7) is 10.4. The monoisotopic (exact) mass is 583 g/mol. The van der Waals surface area contributed by atoms with Crippen LogP contribution in [0.3, 0.4) is 0 Å². The number of hydrogen-bond acceptors (Lipinski definition) is 1. The summed E-state index contributed by atoms with van der Waals surface area (Å²) in [6, 6.07) is 16.1. The van der Waals surface area contributed by atoms with E-state index in [2.05, 4.69) is 144 Å². The van der Waals surface area contributed by atoms with Crippen molar-refractivity contribution >= 4 is 53.0 Å². The Bertz CT molecular complexity index is 1500. The SMILES string of the molecule is CC(C)n1ccn(Cc2cccc3cc4cccc(Cn5ccn(C(C)C)c5=[Se])c4nc23)c1=[Se]. The number of para-hydroxylation sites is 2. The van der Waals surface area contributed by atoms with Gasteiger partial charge >= 0.3 is 216 Å². The molecule has 0 aliphatic carbocycles. The molecule has 0 unspecified atom stereocenters. The predicted molar refractivity (Wildman–Crippen MR) is 141 cm³/mol. The summed E-state index contributed by atoms with van der Waals surface area (Å²) in [5.74, 6) is 0. The standard InChI is InChI=1S/C27H29N5Se2/c1-18(2)31-13-11-29(26(31)33)16-22-9-5-7-20-15-21-8-6-10-23(25(21)28-24(20)22)17-30-12-14-32(19(3)4)27(30)34/h5-15,18-19H,16-17H2,1-4H3. The number of benzene rings is 2. The zero-order valence-corrected chi connectivity index (χ0v) is 23.4. The molecule has 0 aliphatic heterocycles. The van der Waals surface area contributed by atoms with Crippen LogP contribution in [0.15, 0.2) is 67.3 Å². The molecule has 5 aromatic rings. The van der Waals surface area contributed by atoms with E-state index in [1.807, 2.05) is 0 Å². The van der Waals surface area contributed by atoms with Crippen molar-refractivity contribution in [3.05, 3.63) is 87.0 Å². The molecule has 5 rings (SSSR count). The Morgan fingerprint density at radius 3 is 1.50 bits per heavy atom. The van der Waals surface area contributed by atoms with Gasteiger partial charge < -0.3 is 0 Å². The van der Waals surface area contributed by atoms with E-state index in [0.717, 1.165) is 32.8 Å². The third-order valence-electron chi connectivity index (χ3n) is 6.38. The first-order valence-electron chi connectivity index (χ1n) is 11.7. The Hall–Kier alpha value is -2.43. The van der Waals surface area contributed by atoms with Gasteiger partial charge in [-0.25, -0.2) is 0 Å². The Morgan fingerprint density at radius 2 is 1.12 bits per heavy atom. The second-order valence-electron chi connectivity index (χ2n) is 9.39. The molecule has 0 bridgehead atoms.